The Balaban J connectivity index is 3.10. The molecule has 0 amide bonds. The number of carboxylic acids is 1. The summed E-state index contributed by atoms with van der Waals surface area (Å²) in [7, 11) is 1.46. The molecule has 0 saturated heterocycles. The molecular weight excluding hydrogens is 268 g/mol. The predicted molar refractivity (Wildman–Crippen MR) is 67.3 cm³/mol. The van der Waals surface area contributed by atoms with Gasteiger partial charge in [0.15, 0.2) is 0 Å². The number of methoxy groups -OCH3 is 1. The maximum Gasteiger partial charge on any atom is 0.323 e. The van der Waals surface area contributed by atoms with Crippen molar-refractivity contribution in [1.29, 1.82) is 5.26 Å². The lowest BCUT2D eigenvalue weighted by atomic mass is 10.3. The van der Waals surface area contributed by atoms with Crippen LogP contribution in [0.4, 0.5) is 11.5 Å². The van der Waals surface area contributed by atoms with Gasteiger partial charge in [-0.05, 0) is 6.07 Å². The molecule has 0 aliphatic carbocycles. The standard InChI is InChI=1S/C11H12N4O5/c1-20-5-4-14(7-11(16)17)10-3-2-9(15(18)19)8(6-12)13-10/h2-3H,4-5,7H2,1H3,(H,16,17). The molecule has 0 saturated carbocycles. The fourth-order valence-electron chi connectivity index (χ4n) is 1.49. The molecule has 0 aromatic carbocycles. The molecule has 0 atom stereocenters. The van der Waals surface area contributed by atoms with Crippen molar-refractivity contribution in [2.24, 2.45) is 0 Å². The first kappa shape index (κ1) is 15.3. The van der Waals surface area contributed by atoms with Crippen LogP contribution in [0, 0.1) is 21.4 Å². The van der Waals surface area contributed by atoms with E-state index in [1.165, 1.54) is 18.1 Å². The highest BCUT2D eigenvalue weighted by Crippen LogP contribution is 2.20. The van der Waals surface area contributed by atoms with Crippen LogP contribution >= 0.6 is 0 Å². The Morgan fingerprint density at radius 1 is 1.65 bits per heavy atom. The van der Waals surface area contributed by atoms with Crippen molar-refractivity contribution in [3.8, 4) is 6.07 Å². The second-order valence-electron chi connectivity index (χ2n) is 3.71. The Hall–Kier alpha value is -2.73. The largest absolute Gasteiger partial charge is 0.480 e. The second kappa shape index (κ2) is 7.01. The molecule has 1 N–H and O–H groups in total. The number of nitriles is 1. The van der Waals surface area contributed by atoms with Crippen LogP contribution in [0.15, 0.2) is 12.1 Å². The molecule has 9 heteroatoms. The zero-order valence-electron chi connectivity index (χ0n) is 10.6. The van der Waals surface area contributed by atoms with Crippen LogP contribution in [-0.2, 0) is 9.53 Å². The number of hydrogen-bond acceptors (Lipinski definition) is 7. The Bertz CT molecular complexity index is 554. The molecule has 0 aliphatic rings. The highest BCUT2D eigenvalue weighted by atomic mass is 16.6. The molecule has 106 valence electrons. The van der Waals surface area contributed by atoms with E-state index in [1.807, 2.05) is 0 Å². The molecule has 20 heavy (non-hydrogen) atoms. The van der Waals surface area contributed by atoms with Gasteiger partial charge >= 0.3 is 11.7 Å². The lowest BCUT2D eigenvalue weighted by Gasteiger charge is -2.21. The maximum atomic E-state index is 10.8. The van der Waals surface area contributed by atoms with E-state index in [0.29, 0.717) is 0 Å². The maximum absolute atomic E-state index is 10.8. The quantitative estimate of drug-likeness (QED) is 0.561. The van der Waals surface area contributed by atoms with Crippen LogP contribution in [-0.4, -0.2) is 47.8 Å². The van der Waals surface area contributed by atoms with Gasteiger partial charge < -0.3 is 14.7 Å². The summed E-state index contributed by atoms with van der Waals surface area (Å²) < 4.78 is 4.86. The highest BCUT2D eigenvalue weighted by Gasteiger charge is 2.19. The van der Waals surface area contributed by atoms with Gasteiger partial charge in [0.1, 0.15) is 18.4 Å². The van der Waals surface area contributed by atoms with Gasteiger partial charge in [0.05, 0.1) is 11.5 Å². The van der Waals surface area contributed by atoms with Gasteiger partial charge in [-0.3, -0.25) is 14.9 Å². The van der Waals surface area contributed by atoms with Gasteiger partial charge in [-0.25, -0.2) is 4.98 Å². The van der Waals surface area contributed by atoms with E-state index in [4.69, 9.17) is 15.1 Å². The molecular formula is C11H12N4O5. The van der Waals surface area contributed by atoms with Gasteiger partial charge in [-0.15, -0.1) is 0 Å². The number of nitro groups is 1. The fraction of sp³-hybridized carbons (Fsp3) is 0.364. The topological polar surface area (TPSA) is 130 Å². The number of carboxylic acid groups (broad SMARTS) is 1. The lowest BCUT2D eigenvalue weighted by Crippen LogP contribution is -2.33. The summed E-state index contributed by atoms with van der Waals surface area (Å²) in [4.78, 5) is 26.0. The third kappa shape index (κ3) is 3.89. The molecule has 0 fully saturated rings. The minimum absolute atomic E-state index is 0.173. The molecule has 9 nitrogen and oxygen atoms in total. The van der Waals surface area contributed by atoms with E-state index in [2.05, 4.69) is 4.98 Å². The van der Waals surface area contributed by atoms with E-state index in [-0.39, 0.29) is 31.2 Å². The molecule has 1 aromatic heterocycles. The SMILES string of the molecule is COCCN(CC(=O)O)c1ccc([N+](=O)[O-])c(C#N)n1. The van der Waals surface area contributed by atoms with Gasteiger partial charge in [-0.1, -0.05) is 0 Å². The van der Waals surface area contributed by atoms with Gasteiger partial charge in [0, 0.05) is 19.7 Å². The number of ether oxygens (including phenoxy) is 1. The fourth-order valence-corrected chi connectivity index (χ4v) is 1.49. The number of hydrogen-bond donors (Lipinski definition) is 1. The van der Waals surface area contributed by atoms with E-state index in [9.17, 15) is 14.9 Å². The Morgan fingerprint density at radius 3 is 2.85 bits per heavy atom. The van der Waals surface area contributed by atoms with E-state index in [0.717, 1.165) is 6.07 Å². The molecule has 1 rings (SSSR count). The van der Waals surface area contributed by atoms with Crippen LogP contribution in [0.2, 0.25) is 0 Å². The Labute approximate surface area is 114 Å². The zero-order valence-corrected chi connectivity index (χ0v) is 10.6. The smallest absolute Gasteiger partial charge is 0.323 e. The normalized spacial score (nSPS) is 9.80. The number of rotatable bonds is 7. The summed E-state index contributed by atoms with van der Waals surface area (Å²) in [5.41, 5.74) is -0.779. The van der Waals surface area contributed by atoms with Gasteiger partial charge in [0.2, 0.25) is 5.69 Å². The second-order valence-corrected chi connectivity index (χ2v) is 3.71. The van der Waals surface area contributed by atoms with Crippen molar-refractivity contribution >= 4 is 17.5 Å². The number of pyridine rings is 1. The average molecular weight is 280 g/mol. The van der Waals surface area contributed by atoms with Crippen LogP contribution in [0.5, 0.6) is 0 Å². The summed E-state index contributed by atoms with van der Waals surface area (Å²) in [6.45, 7) is 0.144. The average Bonchev–Trinajstić information content (AvgIpc) is 2.42. The zero-order chi connectivity index (χ0) is 15.1. The Kier molecular flexibility index (Phi) is 5.37. The molecule has 0 aliphatic heterocycles. The van der Waals surface area contributed by atoms with Gasteiger partial charge in [0.25, 0.3) is 0 Å². The summed E-state index contributed by atoms with van der Waals surface area (Å²) in [6, 6.07) is 4.05. The van der Waals surface area contributed by atoms with Crippen LogP contribution in [0.3, 0.4) is 0 Å². The first-order valence-electron chi connectivity index (χ1n) is 5.50. The number of aliphatic carboxylic acids is 1. The predicted octanol–water partition coefficient (Wildman–Crippen LogP) is 0.399. The number of nitrogens with zero attached hydrogens (tertiary/aromatic N) is 4. The first-order valence-corrected chi connectivity index (χ1v) is 5.50. The van der Waals surface area contributed by atoms with Crippen molar-refractivity contribution < 1.29 is 19.6 Å². The van der Waals surface area contributed by atoms with Crippen molar-refractivity contribution in [2.75, 3.05) is 31.7 Å². The molecule has 0 bridgehead atoms. The molecule has 0 spiro atoms. The van der Waals surface area contributed by atoms with E-state index in [1.54, 1.807) is 6.07 Å². The highest BCUT2D eigenvalue weighted by molar-refractivity contribution is 5.73. The number of anilines is 1. The first-order chi connectivity index (χ1) is 9.49. The van der Waals surface area contributed by atoms with E-state index < -0.39 is 16.6 Å². The van der Waals surface area contributed by atoms with Crippen molar-refractivity contribution in [3.63, 3.8) is 0 Å². The van der Waals surface area contributed by atoms with Crippen LogP contribution in [0.25, 0.3) is 0 Å². The minimum atomic E-state index is -1.08. The molecule has 0 radical (unpaired) electrons. The summed E-state index contributed by atoms with van der Waals surface area (Å²) >= 11 is 0. The lowest BCUT2D eigenvalue weighted by molar-refractivity contribution is -0.385. The third-order valence-electron chi connectivity index (χ3n) is 2.38. The van der Waals surface area contributed by atoms with Crippen LogP contribution in [0.1, 0.15) is 5.69 Å². The molecule has 1 heterocycles. The number of carbonyl (C=O) groups is 1. The summed E-state index contributed by atoms with van der Waals surface area (Å²) in [6.07, 6.45) is 0. The monoisotopic (exact) mass is 280 g/mol. The van der Waals surface area contributed by atoms with Crippen LogP contribution < -0.4 is 4.90 Å². The van der Waals surface area contributed by atoms with Gasteiger partial charge in [-0.2, -0.15) is 5.26 Å². The number of aromatic nitrogens is 1. The van der Waals surface area contributed by atoms with Crippen molar-refractivity contribution in [3.05, 3.63) is 27.9 Å². The Morgan fingerprint density at radius 2 is 2.35 bits per heavy atom. The minimum Gasteiger partial charge on any atom is -0.480 e. The third-order valence-corrected chi connectivity index (χ3v) is 2.38. The van der Waals surface area contributed by atoms with Crippen molar-refractivity contribution in [2.45, 2.75) is 0 Å². The summed E-state index contributed by atoms with van der Waals surface area (Å²) in [5, 5.41) is 28.4. The summed E-state index contributed by atoms with van der Waals surface area (Å²) in [5.74, 6) is -0.911. The van der Waals surface area contributed by atoms with E-state index >= 15 is 0 Å². The van der Waals surface area contributed by atoms with Crippen molar-refractivity contribution in [1.82, 2.24) is 4.98 Å². The molecule has 1 aromatic rings. The molecule has 0 unspecified atom stereocenters.